The predicted octanol–water partition coefficient (Wildman–Crippen LogP) is 5.21. The topological polar surface area (TPSA) is 57.2 Å². The SMILES string of the molecule is O=C(OCc1ccccc1)N1CCC(c2ccc(OCCCC3OC=CO3)cc2)CC1. The van der Waals surface area contributed by atoms with E-state index in [1.807, 2.05) is 47.4 Å². The van der Waals surface area contributed by atoms with Crippen LogP contribution in [0.1, 0.15) is 42.7 Å². The molecule has 0 radical (unpaired) electrons. The molecule has 0 aliphatic carbocycles. The van der Waals surface area contributed by atoms with Gasteiger partial charge in [-0.25, -0.2) is 4.79 Å². The Bertz CT molecular complexity index is 836. The van der Waals surface area contributed by atoms with E-state index in [0.29, 0.717) is 19.1 Å². The van der Waals surface area contributed by atoms with Gasteiger partial charge in [0.25, 0.3) is 0 Å². The summed E-state index contributed by atoms with van der Waals surface area (Å²) < 4.78 is 21.8. The lowest BCUT2D eigenvalue weighted by Gasteiger charge is -2.31. The Morgan fingerprint density at radius 3 is 2.39 bits per heavy atom. The number of nitrogens with zero attached hydrogens (tertiary/aromatic N) is 1. The summed E-state index contributed by atoms with van der Waals surface area (Å²) in [7, 11) is 0. The first-order valence-corrected chi connectivity index (χ1v) is 10.9. The van der Waals surface area contributed by atoms with Crippen LogP contribution in [0.2, 0.25) is 0 Å². The number of carbonyl (C=O) groups is 1. The summed E-state index contributed by atoms with van der Waals surface area (Å²) in [6.45, 7) is 2.39. The van der Waals surface area contributed by atoms with Crippen molar-refractivity contribution < 1.29 is 23.7 Å². The summed E-state index contributed by atoms with van der Waals surface area (Å²) in [5.74, 6) is 1.33. The predicted molar refractivity (Wildman–Crippen MR) is 116 cm³/mol. The largest absolute Gasteiger partial charge is 0.494 e. The van der Waals surface area contributed by atoms with E-state index < -0.39 is 0 Å². The number of ether oxygens (including phenoxy) is 4. The molecule has 2 aliphatic rings. The normalized spacial score (nSPS) is 16.6. The molecule has 1 fully saturated rings. The molecular formula is C25H29NO5. The number of benzene rings is 2. The molecule has 2 aliphatic heterocycles. The van der Waals surface area contributed by atoms with Gasteiger partial charge < -0.3 is 23.8 Å². The van der Waals surface area contributed by atoms with Crippen LogP contribution in [0.5, 0.6) is 5.75 Å². The van der Waals surface area contributed by atoms with Crippen LogP contribution in [0.3, 0.4) is 0 Å². The molecule has 0 N–H and O–H groups in total. The van der Waals surface area contributed by atoms with Gasteiger partial charge in [0.15, 0.2) is 0 Å². The van der Waals surface area contributed by atoms with Crippen molar-refractivity contribution in [3.8, 4) is 5.75 Å². The third kappa shape index (κ3) is 6.17. The standard InChI is InChI=1S/C25H29NO5/c27-25(31-19-20-5-2-1-3-6-20)26-14-12-22(13-15-26)21-8-10-23(11-9-21)28-16-4-7-24-29-17-18-30-24/h1-3,5-6,8-11,17-18,22,24H,4,7,12-16,19H2. The highest BCUT2D eigenvalue weighted by molar-refractivity contribution is 5.67. The summed E-state index contributed by atoms with van der Waals surface area (Å²) in [6, 6.07) is 18.1. The zero-order valence-electron chi connectivity index (χ0n) is 17.7. The van der Waals surface area contributed by atoms with Gasteiger partial charge in [-0.3, -0.25) is 0 Å². The van der Waals surface area contributed by atoms with Crippen LogP contribution < -0.4 is 4.74 Å². The summed E-state index contributed by atoms with van der Waals surface area (Å²) >= 11 is 0. The molecule has 1 saturated heterocycles. The summed E-state index contributed by atoms with van der Waals surface area (Å²) in [6.07, 6.45) is 6.30. The zero-order valence-corrected chi connectivity index (χ0v) is 17.7. The Labute approximate surface area is 183 Å². The fourth-order valence-corrected chi connectivity index (χ4v) is 3.89. The Kier molecular flexibility index (Phi) is 7.32. The molecule has 0 bridgehead atoms. The molecule has 2 aromatic carbocycles. The van der Waals surface area contributed by atoms with Crippen LogP contribution in [0.4, 0.5) is 4.79 Å². The minimum absolute atomic E-state index is 0.174. The van der Waals surface area contributed by atoms with Crippen LogP contribution >= 0.6 is 0 Å². The molecule has 2 aromatic rings. The Morgan fingerprint density at radius 2 is 1.68 bits per heavy atom. The molecular weight excluding hydrogens is 394 g/mol. The molecule has 1 amide bonds. The van der Waals surface area contributed by atoms with Crippen molar-refractivity contribution in [2.24, 2.45) is 0 Å². The minimum atomic E-state index is -0.227. The van der Waals surface area contributed by atoms with Gasteiger partial charge in [-0.1, -0.05) is 42.5 Å². The number of carbonyl (C=O) groups excluding carboxylic acids is 1. The van der Waals surface area contributed by atoms with Crippen LogP contribution in [0.25, 0.3) is 0 Å². The maximum Gasteiger partial charge on any atom is 0.410 e. The van der Waals surface area contributed by atoms with Gasteiger partial charge in [-0.2, -0.15) is 0 Å². The smallest absolute Gasteiger partial charge is 0.410 e. The molecule has 0 atom stereocenters. The number of piperidine rings is 1. The molecule has 0 unspecified atom stereocenters. The van der Waals surface area contributed by atoms with Crippen LogP contribution in [-0.2, 0) is 20.8 Å². The number of likely N-dealkylation sites (tertiary alicyclic amines) is 1. The third-order valence-corrected chi connectivity index (χ3v) is 5.68. The van der Waals surface area contributed by atoms with Crippen LogP contribution in [-0.4, -0.2) is 37.0 Å². The van der Waals surface area contributed by atoms with Crippen molar-refractivity contribution in [2.45, 2.75) is 44.5 Å². The van der Waals surface area contributed by atoms with Gasteiger partial charge >= 0.3 is 6.09 Å². The molecule has 6 heteroatoms. The number of hydrogen-bond donors (Lipinski definition) is 0. The fourth-order valence-electron chi connectivity index (χ4n) is 3.89. The second kappa shape index (κ2) is 10.8. The third-order valence-electron chi connectivity index (χ3n) is 5.68. The van der Waals surface area contributed by atoms with Crippen molar-refractivity contribution in [2.75, 3.05) is 19.7 Å². The number of amides is 1. The quantitative estimate of drug-likeness (QED) is 0.546. The average molecular weight is 424 g/mol. The van der Waals surface area contributed by atoms with Gasteiger partial charge in [-0.05, 0) is 48.4 Å². The molecule has 0 spiro atoms. The first-order chi connectivity index (χ1) is 15.3. The fraction of sp³-hybridized carbons (Fsp3) is 0.400. The van der Waals surface area contributed by atoms with Gasteiger partial charge in [0.05, 0.1) is 6.61 Å². The van der Waals surface area contributed by atoms with Gasteiger partial charge in [0, 0.05) is 19.5 Å². The van der Waals surface area contributed by atoms with Gasteiger partial charge in [0.1, 0.15) is 24.9 Å². The molecule has 31 heavy (non-hydrogen) atoms. The molecule has 0 saturated carbocycles. The first-order valence-electron chi connectivity index (χ1n) is 10.9. The van der Waals surface area contributed by atoms with E-state index in [-0.39, 0.29) is 12.4 Å². The molecule has 6 nitrogen and oxygen atoms in total. The Morgan fingerprint density at radius 1 is 0.968 bits per heavy atom. The first kappa shape index (κ1) is 21.1. The van der Waals surface area contributed by atoms with Crippen molar-refractivity contribution in [1.29, 1.82) is 0 Å². The number of rotatable bonds is 8. The molecule has 2 heterocycles. The monoisotopic (exact) mass is 423 g/mol. The average Bonchev–Trinajstić information content (AvgIpc) is 3.35. The highest BCUT2D eigenvalue weighted by Crippen LogP contribution is 2.29. The van der Waals surface area contributed by atoms with Crippen LogP contribution in [0, 0.1) is 0 Å². The maximum absolute atomic E-state index is 12.3. The summed E-state index contributed by atoms with van der Waals surface area (Å²) in [5, 5.41) is 0. The molecule has 0 aromatic heterocycles. The van der Waals surface area contributed by atoms with E-state index in [4.69, 9.17) is 18.9 Å². The maximum atomic E-state index is 12.3. The van der Waals surface area contributed by atoms with E-state index in [0.717, 1.165) is 50.1 Å². The van der Waals surface area contributed by atoms with E-state index in [9.17, 15) is 4.79 Å². The van der Waals surface area contributed by atoms with Gasteiger partial charge in [0.2, 0.25) is 6.29 Å². The molecule has 164 valence electrons. The summed E-state index contributed by atoms with van der Waals surface area (Å²) in [5.41, 5.74) is 2.30. The molecule has 4 rings (SSSR count). The lowest BCUT2D eigenvalue weighted by molar-refractivity contribution is -0.0310. The Hall–Kier alpha value is -3.15. The number of hydrogen-bond acceptors (Lipinski definition) is 5. The second-order valence-electron chi connectivity index (χ2n) is 7.84. The van der Waals surface area contributed by atoms with Gasteiger partial charge in [-0.15, -0.1) is 0 Å². The minimum Gasteiger partial charge on any atom is -0.494 e. The van der Waals surface area contributed by atoms with Crippen molar-refractivity contribution in [1.82, 2.24) is 4.90 Å². The van der Waals surface area contributed by atoms with E-state index in [1.165, 1.54) is 5.56 Å². The lowest BCUT2D eigenvalue weighted by Crippen LogP contribution is -2.38. The lowest BCUT2D eigenvalue weighted by atomic mass is 9.89. The van der Waals surface area contributed by atoms with Crippen molar-refractivity contribution >= 4 is 6.09 Å². The van der Waals surface area contributed by atoms with E-state index in [1.54, 1.807) is 12.5 Å². The summed E-state index contributed by atoms with van der Waals surface area (Å²) in [4.78, 5) is 14.1. The second-order valence-corrected chi connectivity index (χ2v) is 7.84. The van der Waals surface area contributed by atoms with E-state index in [2.05, 4.69) is 12.1 Å². The zero-order chi connectivity index (χ0) is 21.3. The van der Waals surface area contributed by atoms with Crippen molar-refractivity contribution in [3.63, 3.8) is 0 Å². The highest BCUT2D eigenvalue weighted by atomic mass is 16.7. The Balaban J connectivity index is 1.16. The van der Waals surface area contributed by atoms with Crippen LogP contribution in [0.15, 0.2) is 67.1 Å². The van der Waals surface area contributed by atoms with E-state index >= 15 is 0 Å². The van der Waals surface area contributed by atoms with Crippen molar-refractivity contribution in [3.05, 3.63) is 78.2 Å². The highest BCUT2D eigenvalue weighted by Gasteiger charge is 2.24.